The lowest BCUT2D eigenvalue weighted by Gasteiger charge is -2.50. The molecule has 1 aromatic carbocycles. The molecule has 0 aliphatic carbocycles. The lowest BCUT2D eigenvalue weighted by atomic mass is 9.74. The van der Waals surface area contributed by atoms with Gasteiger partial charge in [0.25, 0.3) is 0 Å². The monoisotopic (exact) mass is 234 g/mol. The Balaban J connectivity index is 2.33. The van der Waals surface area contributed by atoms with Gasteiger partial charge in [0, 0.05) is 12.3 Å². The molecule has 0 unspecified atom stereocenters. The van der Waals surface area contributed by atoms with Gasteiger partial charge in [-0.3, -0.25) is 0 Å². The van der Waals surface area contributed by atoms with E-state index < -0.39 is 5.60 Å². The summed E-state index contributed by atoms with van der Waals surface area (Å²) in [5.41, 5.74) is 0.410. The fraction of sp³-hybridized carbons (Fsp3) is 0.600. The molecule has 2 heteroatoms. The van der Waals surface area contributed by atoms with Gasteiger partial charge < -0.3 is 9.59 Å². The van der Waals surface area contributed by atoms with Crippen molar-refractivity contribution < 1.29 is 9.59 Å². The highest BCUT2D eigenvalue weighted by atomic mass is 16.3. The lowest BCUT2D eigenvalue weighted by molar-refractivity contribution is -0.925. The van der Waals surface area contributed by atoms with Gasteiger partial charge in [-0.15, -0.1) is 0 Å². The number of likely N-dealkylation sites (tertiary alicyclic amines) is 1. The minimum Gasteiger partial charge on any atom is -0.384 e. The molecule has 94 valence electrons. The average Bonchev–Trinajstić information content (AvgIpc) is 2.27. The van der Waals surface area contributed by atoms with Crippen LogP contribution in [0.2, 0.25) is 0 Å². The third kappa shape index (κ3) is 2.12. The SMILES string of the molecule is C[C@@H]1C[C@@](O)(c2ccccc2)[C@@H](C)C[N+]1(C)C. The fourth-order valence-corrected chi connectivity index (χ4v) is 3.06. The van der Waals surface area contributed by atoms with Crippen LogP contribution in [0.5, 0.6) is 0 Å². The highest BCUT2D eigenvalue weighted by Gasteiger charge is 2.48. The minimum absolute atomic E-state index is 0.288. The Bertz CT molecular complexity index is 387. The molecule has 0 radical (unpaired) electrons. The Labute approximate surface area is 104 Å². The van der Waals surface area contributed by atoms with E-state index >= 15 is 0 Å². The summed E-state index contributed by atoms with van der Waals surface area (Å²) in [7, 11) is 4.51. The summed E-state index contributed by atoms with van der Waals surface area (Å²) >= 11 is 0. The molecule has 1 heterocycles. The second kappa shape index (κ2) is 4.11. The summed E-state index contributed by atoms with van der Waals surface area (Å²) in [6, 6.07) is 10.6. The zero-order valence-corrected chi connectivity index (χ0v) is 11.4. The third-order valence-corrected chi connectivity index (χ3v) is 4.63. The van der Waals surface area contributed by atoms with E-state index in [4.69, 9.17) is 0 Å². The molecular weight excluding hydrogens is 210 g/mol. The smallest absolute Gasteiger partial charge is 0.103 e. The first kappa shape index (κ1) is 12.6. The second-order valence-electron chi connectivity index (χ2n) is 6.21. The standard InChI is InChI=1S/C15H24NO/c1-12-11-16(3,4)13(2)10-15(12,17)14-8-6-5-7-9-14/h5-9,12-13,17H,10-11H2,1-4H3/q+1/t12-,13+,15-/m0/s1. The van der Waals surface area contributed by atoms with Crippen LogP contribution >= 0.6 is 0 Å². The molecule has 0 aromatic heterocycles. The molecule has 0 bridgehead atoms. The number of rotatable bonds is 1. The molecule has 1 aliphatic heterocycles. The quantitative estimate of drug-likeness (QED) is 0.740. The van der Waals surface area contributed by atoms with Crippen LogP contribution in [-0.2, 0) is 5.60 Å². The van der Waals surface area contributed by atoms with Crippen molar-refractivity contribution in [2.45, 2.75) is 31.9 Å². The van der Waals surface area contributed by atoms with Gasteiger partial charge in [-0.1, -0.05) is 37.3 Å². The molecule has 2 nitrogen and oxygen atoms in total. The first-order valence-electron chi connectivity index (χ1n) is 6.47. The first-order chi connectivity index (χ1) is 7.86. The highest BCUT2D eigenvalue weighted by molar-refractivity contribution is 5.23. The summed E-state index contributed by atoms with van der Waals surface area (Å²) in [6.07, 6.45) is 0.838. The van der Waals surface area contributed by atoms with E-state index in [-0.39, 0.29) is 5.92 Å². The van der Waals surface area contributed by atoms with E-state index in [9.17, 15) is 5.11 Å². The van der Waals surface area contributed by atoms with Gasteiger partial charge in [-0.25, -0.2) is 0 Å². The van der Waals surface area contributed by atoms with Crippen LogP contribution in [0.25, 0.3) is 0 Å². The number of hydrogen-bond donors (Lipinski definition) is 1. The van der Waals surface area contributed by atoms with Crippen molar-refractivity contribution in [3.63, 3.8) is 0 Å². The van der Waals surface area contributed by atoms with Gasteiger partial charge in [-0.05, 0) is 12.5 Å². The first-order valence-corrected chi connectivity index (χ1v) is 6.47. The van der Waals surface area contributed by atoms with Gasteiger partial charge in [0.1, 0.15) is 5.60 Å². The molecular formula is C15H24NO+. The highest BCUT2D eigenvalue weighted by Crippen LogP contribution is 2.41. The third-order valence-electron chi connectivity index (χ3n) is 4.63. The maximum Gasteiger partial charge on any atom is 0.103 e. The Morgan fingerprint density at radius 1 is 1.18 bits per heavy atom. The van der Waals surface area contributed by atoms with Crippen molar-refractivity contribution in [2.24, 2.45) is 5.92 Å². The van der Waals surface area contributed by atoms with Crippen molar-refractivity contribution in [3.8, 4) is 0 Å². The van der Waals surface area contributed by atoms with Crippen molar-refractivity contribution >= 4 is 0 Å². The van der Waals surface area contributed by atoms with Crippen molar-refractivity contribution in [3.05, 3.63) is 35.9 Å². The van der Waals surface area contributed by atoms with Gasteiger partial charge in [-0.2, -0.15) is 0 Å². The molecule has 17 heavy (non-hydrogen) atoms. The van der Waals surface area contributed by atoms with E-state index in [0.29, 0.717) is 6.04 Å². The van der Waals surface area contributed by atoms with Crippen LogP contribution in [0.15, 0.2) is 30.3 Å². The molecule has 3 atom stereocenters. The second-order valence-corrected chi connectivity index (χ2v) is 6.21. The predicted octanol–water partition coefficient (Wildman–Crippen LogP) is 2.38. The van der Waals surface area contributed by atoms with E-state index in [1.165, 1.54) is 0 Å². The van der Waals surface area contributed by atoms with Gasteiger partial charge in [0.15, 0.2) is 0 Å². The Kier molecular flexibility index (Phi) is 3.04. The van der Waals surface area contributed by atoms with Crippen LogP contribution in [0.3, 0.4) is 0 Å². The number of aliphatic hydroxyl groups is 1. The Morgan fingerprint density at radius 3 is 2.35 bits per heavy atom. The number of quaternary nitrogens is 1. The largest absolute Gasteiger partial charge is 0.384 e. The summed E-state index contributed by atoms with van der Waals surface area (Å²) in [4.78, 5) is 0. The average molecular weight is 234 g/mol. The van der Waals surface area contributed by atoms with E-state index in [1.54, 1.807) is 0 Å². The van der Waals surface area contributed by atoms with E-state index in [2.05, 4.69) is 40.1 Å². The Hall–Kier alpha value is -0.860. The number of hydrogen-bond acceptors (Lipinski definition) is 1. The predicted molar refractivity (Wildman–Crippen MR) is 70.6 cm³/mol. The van der Waals surface area contributed by atoms with Crippen LogP contribution < -0.4 is 0 Å². The van der Waals surface area contributed by atoms with E-state index in [1.807, 2.05) is 18.2 Å². The topological polar surface area (TPSA) is 20.2 Å². The summed E-state index contributed by atoms with van der Waals surface area (Å²) < 4.78 is 0.996. The number of benzene rings is 1. The molecule has 1 N–H and O–H groups in total. The Morgan fingerprint density at radius 2 is 1.76 bits per heavy atom. The molecule has 1 aliphatic rings. The molecule has 2 rings (SSSR count). The lowest BCUT2D eigenvalue weighted by Crippen LogP contribution is -2.60. The maximum atomic E-state index is 11.0. The molecule has 0 amide bonds. The van der Waals surface area contributed by atoms with Gasteiger partial charge >= 0.3 is 0 Å². The van der Waals surface area contributed by atoms with Crippen LogP contribution in [-0.4, -0.2) is 36.3 Å². The van der Waals surface area contributed by atoms with Crippen molar-refractivity contribution in [2.75, 3.05) is 20.6 Å². The molecule has 0 saturated carbocycles. The summed E-state index contributed by atoms with van der Waals surface area (Å²) in [6.45, 7) is 5.42. The normalized spacial score (nSPS) is 36.8. The van der Waals surface area contributed by atoms with Crippen LogP contribution in [0.4, 0.5) is 0 Å². The van der Waals surface area contributed by atoms with Crippen LogP contribution in [0.1, 0.15) is 25.8 Å². The summed E-state index contributed by atoms with van der Waals surface area (Å²) in [5.74, 6) is 0.288. The van der Waals surface area contributed by atoms with Gasteiger partial charge in [0.2, 0.25) is 0 Å². The molecule has 1 fully saturated rings. The summed E-state index contributed by atoms with van der Waals surface area (Å²) in [5, 5.41) is 11.0. The maximum absolute atomic E-state index is 11.0. The zero-order chi connectivity index (χ0) is 12.7. The van der Waals surface area contributed by atoms with Crippen molar-refractivity contribution in [1.82, 2.24) is 0 Å². The number of piperidine rings is 1. The van der Waals surface area contributed by atoms with Gasteiger partial charge in [0.05, 0.1) is 26.7 Å². The zero-order valence-electron chi connectivity index (χ0n) is 11.4. The molecule has 0 spiro atoms. The minimum atomic E-state index is -0.658. The fourth-order valence-electron chi connectivity index (χ4n) is 3.06. The van der Waals surface area contributed by atoms with Crippen LogP contribution in [0, 0.1) is 5.92 Å². The molecule has 1 saturated heterocycles. The number of nitrogens with zero attached hydrogens (tertiary/aromatic N) is 1. The van der Waals surface area contributed by atoms with E-state index in [0.717, 1.165) is 23.0 Å². The molecule has 1 aromatic rings. The van der Waals surface area contributed by atoms with Crippen molar-refractivity contribution in [1.29, 1.82) is 0 Å².